The number of aryl methyl sites for hydroxylation is 1. The Morgan fingerprint density at radius 3 is 2.57 bits per heavy atom. The molecule has 146 valence electrons. The molecule has 10 heteroatoms. The van der Waals surface area contributed by atoms with Gasteiger partial charge in [0.1, 0.15) is 0 Å². The van der Waals surface area contributed by atoms with E-state index in [1.54, 1.807) is 32.2 Å². The third-order valence-corrected chi connectivity index (χ3v) is 6.30. The van der Waals surface area contributed by atoms with Crippen LogP contribution in [-0.2, 0) is 17.1 Å². The molecule has 0 spiro atoms. The molecule has 2 aromatic carbocycles. The first-order valence-corrected chi connectivity index (χ1v) is 10.1. The summed E-state index contributed by atoms with van der Waals surface area (Å²) in [5.74, 6) is -0.446. The van der Waals surface area contributed by atoms with Crippen molar-refractivity contribution in [3.8, 4) is 0 Å². The van der Waals surface area contributed by atoms with Crippen LogP contribution in [0.25, 0.3) is 10.9 Å². The van der Waals surface area contributed by atoms with Crippen LogP contribution in [0, 0.1) is 11.7 Å². The van der Waals surface area contributed by atoms with E-state index < -0.39 is 15.9 Å². The van der Waals surface area contributed by atoms with E-state index in [9.17, 15) is 18.0 Å². The van der Waals surface area contributed by atoms with Gasteiger partial charge < -0.3 is 10.3 Å². The second kappa shape index (κ2) is 7.30. The number of amides is 1. The number of aromatic amines is 1. The third kappa shape index (κ3) is 3.61. The quantitative estimate of drug-likeness (QED) is 0.562. The molecule has 1 amide bonds. The SMILES string of the molecule is CNS(=O)(=O)c1cc(NC(=O)c2ccc3c(=O)n(C)c(=S)[nH]c3c2)ccc1C. The number of hydrogen-bond donors (Lipinski definition) is 3. The molecule has 0 saturated heterocycles. The van der Waals surface area contributed by atoms with Gasteiger partial charge in [-0.1, -0.05) is 6.07 Å². The molecule has 3 aromatic rings. The number of anilines is 1. The number of benzene rings is 2. The highest BCUT2D eigenvalue weighted by Gasteiger charge is 2.16. The van der Waals surface area contributed by atoms with Crippen molar-refractivity contribution in [2.45, 2.75) is 11.8 Å². The van der Waals surface area contributed by atoms with E-state index in [4.69, 9.17) is 12.2 Å². The van der Waals surface area contributed by atoms with E-state index in [0.717, 1.165) is 0 Å². The van der Waals surface area contributed by atoms with E-state index in [1.807, 2.05) is 0 Å². The first-order chi connectivity index (χ1) is 13.1. The molecule has 8 nitrogen and oxygen atoms in total. The molecule has 0 radical (unpaired) electrons. The Balaban J connectivity index is 1.98. The first kappa shape index (κ1) is 19.9. The molecule has 0 fully saturated rings. The van der Waals surface area contributed by atoms with Crippen molar-refractivity contribution in [2.24, 2.45) is 7.05 Å². The molecule has 0 saturated carbocycles. The Morgan fingerprint density at radius 2 is 1.89 bits per heavy atom. The van der Waals surface area contributed by atoms with E-state index in [2.05, 4.69) is 15.0 Å². The van der Waals surface area contributed by atoms with Gasteiger partial charge in [-0.3, -0.25) is 14.2 Å². The summed E-state index contributed by atoms with van der Waals surface area (Å²) in [5.41, 5.74) is 1.38. The van der Waals surface area contributed by atoms with Crippen molar-refractivity contribution in [1.29, 1.82) is 0 Å². The van der Waals surface area contributed by atoms with E-state index in [-0.39, 0.29) is 15.2 Å². The maximum Gasteiger partial charge on any atom is 0.261 e. The van der Waals surface area contributed by atoms with Crippen molar-refractivity contribution in [2.75, 3.05) is 12.4 Å². The average molecular weight is 419 g/mol. The zero-order chi connectivity index (χ0) is 20.6. The zero-order valence-electron chi connectivity index (χ0n) is 15.4. The van der Waals surface area contributed by atoms with Gasteiger partial charge in [-0.25, -0.2) is 13.1 Å². The van der Waals surface area contributed by atoms with E-state index in [0.29, 0.717) is 27.7 Å². The van der Waals surface area contributed by atoms with Crippen molar-refractivity contribution in [3.05, 3.63) is 62.6 Å². The maximum absolute atomic E-state index is 12.6. The van der Waals surface area contributed by atoms with Crippen LogP contribution in [0.2, 0.25) is 0 Å². The number of nitrogens with zero attached hydrogens (tertiary/aromatic N) is 1. The molecule has 0 atom stereocenters. The van der Waals surface area contributed by atoms with Gasteiger partial charge in [0.25, 0.3) is 11.5 Å². The number of carbonyl (C=O) groups is 1. The molecule has 3 N–H and O–H groups in total. The topological polar surface area (TPSA) is 113 Å². The maximum atomic E-state index is 12.6. The number of hydrogen-bond acceptors (Lipinski definition) is 5. The molecule has 0 aliphatic heterocycles. The fraction of sp³-hybridized carbons (Fsp3) is 0.167. The molecule has 1 heterocycles. The number of fused-ring (bicyclic) bond motifs is 1. The van der Waals surface area contributed by atoms with Gasteiger partial charge >= 0.3 is 0 Å². The smallest absolute Gasteiger partial charge is 0.261 e. The minimum Gasteiger partial charge on any atom is -0.332 e. The molecule has 28 heavy (non-hydrogen) atoms. The summed E-state index contributed by atoms with van der Waals surface area (Å²) in [7, 11) is -0.762. The summed E-state index contributed by atoms with van der Waals surface area (Å²) in [6, 6.07) is 9.22. The van der Waals surface area contributed by atoms with Crippen molar-refractivity contribution in [1.82, 2.24) is 14.3 Å². The molecular formula is C18H18N4O4S2. The highest BCUT2D eigenvalue weighted by Crippen LogP contribution is 2.21. The molecule has 0 aliphatic rings. The predicted molar refractivity (Wildman–Crippen MR) is 110 cm³/mol. The first-order valence-electron chi connectivity index (χ1n) is 8.22. The molecular weight excluding hydrogens is 400 g/mol. The van der Waals surface area contributed by atoms with Crippen LogP contribution >= 0.6 is 12.2 Å². The van der Waals surface area contributed by atoms with Crippen LogP contribution in [0.4, 0.5) is 5.69 Å². The lowest BCUT2D eigenvalue weighted by Gasteiger charge is -2.11. The number of rotatable bonds is 4. The minimum absolute atomic E-state index is 0.0823. The number of H-pyrrole nitrogens is 1. The van der Waals surface area contributed by atoms with Crippen LogP contribution in [0.5, 0.6) is 0 Å². The highest BCUT2D eigenvalue weighted by molar-refractivity contribution is 7.89. The minimum atomic E-state index is -3.65. The monoisotopic (exact) mass is 418 g/mol. The zero-order valence-corrected chi connectivity index (χ0v) is 17.0. The summed E-state index contributed by atoms with van der Waals surface area (Å²) in [6.07, 6.45) is 0. The fourth-order valence-electron chi connectivity index (χ4n) is 2.73. The fourth-order valence-corrected chi connectivity index (χ4v) is 3.91. The van der Waals surface area contributed by atoms with Crippen LogP contribution < -0.4 is 15.6 Å². The van der Waals surface area contributed by atoms with Gasteiger partial charge in [0.15, 0.2) is 4.77 Å². The third-order valence-electron chi connectivity index (χ3n) is 4.37. The Morgan fingerprint density at radius 1 is 1.18 bits per heavy atom. The van der Waals surface area contributed by atoms with Crippen LogP contribution in [0.15, 0.2) is 46.1 Å². The highest BCUT2D eigenvalue weighted by atomic mass is 32.2. The molecule has 0 bridgehead atoms. The normalized spacial score (nSPS) is 11.5. The molecule has 1 aromatic heterocycles. The van der Waals surface area contributed by atoms with Crippen LogP contribution in [-0.4, -0.2) is 30.9 Å². The largest absolute Gasteiger partial charge is 0.332 e. The number of aromatic nitrogens is 2. The Labute approximate surface area is 166 Å². The second-order valence-electron chi connectivity index (χ2n) is 6.20. The Hall–Kier alpha value is -2.82. The Bertz CT molecular complexity index is 1320. The summed E-state index contributed by atoms with van der Waals surface area (Å²) in [5, 5.41) is 3.08. The van der Waals surface area contributed by atoms with Gasteiger partial charge in [0.2, 0.25) is 10.0 Å². The lowest BCUT2D eigenvalue weighted by atomic mass is 10.1. The lowest BCUT2D eigenvalue weighted by Crippen LogP contribution is -2.20. The summed E-state index contributed by atoms with van der Waals surface area (Å²) < 4.78 is 28.0. The van der Waals surface area contributed by atoms with Crippen LogP contribution in [0.3, 0.4) is 0 Å². The number of carbonyl (C=O) groups excluding carboxylic acids is 1. The van der Waals surface area contributed by atoms with Crippen molar-refractivity contribution < 1.29 is 13.2 Å². The van der Waals surface area contributed by atoms with Crippen molar-refractivity contribution in [3.63, 3.8) is 0 Å². The predicted octanol–water partition coefficient (Wildman–Crippen LogP) is 2.06. The summed E-state index contributed by atoms with van der Waals surface area (Å²) in [6.45, 7) is 1.67. The standard InChI is InChI=1S/C18H18N4O4S2/c1-10-4-6-12(9-15(10)28(25,26)19-2)20-16(23)11-5-7-13-14(8-11)21-18(27)22(3)17(13)24/h4-9,19H,1-3H3,(H,20,23)(H,21,27). The Kier molecular flexibility index (Phi) is 5.20. The van der Waals surface area contributed by atoms with E-state index >= 15 is 0 Å². The summed E-state index contributed by atoms with van der Waals surface area (Å²) in [4.78, 5) is 27.8. The number of sulfonamides is 1. The van der Waals surface area contributed by atoms with E-state index in [1.165, 1.54) is 29.8 Å². The molecule has 0 aliphatic carbocycles. The summed E-state index contributed by atoms with van der Waals surface area (Å²) >= 11 is 5.10. The van der Waals surface area contributed by atoms with Gasteiger partial charge in [0.05, 0.1) is 15.8 Å². The van der Waals surface area contributed by atoms with Crippen LogP contribution in [0.1, 0.15) is 15.9 Å². The van der Waals surface area contributed by atoms with Crippen molar-refractivity contribution >= 4 is 44.7 Å². The molecule has 3 rings (SSSR count). The van der Waals surface area contributed by atoms with Gasteiger partial charge in [0, 0.05) is 18.3 Å². The van der Waals surface area contributed by atoms with Gasteiger partial charge in [-0.15, -0.1) is 0 Å². The number of nitrogens with one attached hydrogen (secondary N) is 3. The second-order valence-corrected chi connectivity index (χ2v) is 8.44. The molecule has 0 unspecified atom stereocenters. The van der Waals surface area contributed by atoms with Gasteiger partial charge in [-0.2, -0.15) is 0 Å². The average Bonchev–Trinajstić information content (AvgIpc) is 2.67. The lowest BCUT2D eigenvalue weighted by molar-refractivity contribution is 0.102. The van der Waals surface area contributed by atoms with Gasteiger partial charge in [-0.05, 0) is 62.1 Å².